The van der Waals surface area contributed by atoms with Gasteiger partial charge in [-0.1, -0.05) is 12.1 Å². The Morgan fingerprint density at radius 3 is 2.21 bits per heavy atom. The number of hydrogen-bond donors (Lipinski definition) is 2. The Morgan fingerprint density at radius 2 is 1.54 bits per heavy atom. The predicted molar refractivity (Wildman–Crippen MR) is 141 cm³/mol. The molecule has 14 nitrogen and oxygen atoms in total. The fourth-order valence-electron chi connectivity index (χ4n) is 4.61. The maximum absolute atomic E-state index is 13.2. The van der Waals surface area contributed by atoms with E-state index in [4.69, 9.17) is 30.6 Å². The van der Waals surface area contributed by atoms with Gasteiger partial charge in [0.2, 0.25) is 17.8 Å². The molecule has 200 valence electrons. The van der Waals surface area contributed by atoms with Crippen molar-refractivity contribution in [2.24, 2.45) is 5.73 Å². The van der Waals surface area contributed by atoms with Gasteiger partial charge in [0.15, 0.2) is 11.6 Å². The molecule has 2 amide bonds. The van der Waals surface area contributed by atoms with Crippen LogP contribution in [0.15, 0.2) is 41.1 Å². The Bertz CT molecular complexity index is 1530. The summed E-state index contributed by atoms with van der Waals surface area (Å²) in [5.41, 5.74) is 12.3. The van der Waals surface area contributed by atoms with E-state index in [-0.39, 0.29) is 23.2 Å². The van der Waals surface area contributed by atoms with E-state index in [1.807, 2.05) is 4.90 Å². The van der Waals surface area contributed by atoms with Crippen LogP contribution in [0.1, 0.15) is 20.9 Å². The van der Waals surface area contributed by atoms with Crippen LogP contribution in [0, 0.1) is 0 Å². The van der Waals surface area contributed by atoms with Gasteiger partial charge >= 0.3 is 0 Å². The molecule has 2 aliphatic rings. The number of ether oxygens (including phenoxy) is 1. The highest BCUT2D eigenvalue weighted by Crippen LogP contribution is 2.26. The molecular weight excluding hydrogens is 504 g/mol. The van der Waals surface area contributed by atoms with Crippen LogP contribution in [0.3, 0.4) is 0 Å². The van der Waals surface area contributed by atoms with Crippen molar-refractivity contribution in [2.75, 3.05) is 68.0 Å². The van der Waals surface area contributed by atoms with E-state index in [0.29, 0.717) is 86.7 Å². The summed E-state index contributed by atoms with van der Waals surface area (Å²) in [5.74, 6) is 0.936. The SMILES string of the molecule is NC(=O)c1cccc2cc(C(=O)N3CCN(c4nc(-c5cnc(N)nc5)nc(N5CCOCC5)n4)CC3)oc12. The number of amides is 2. The number of para-hydroxylation sites is 1. The van der Waals surface area contributed by atoms with Gasteiger partial charge in [-0.3, -0.25) is 9.59 Å². The number of carbonyl (C=O) groups is 2. The highest BCUT2D eigenvalue weighted by atomic mass is 16.5. The lowest BCUT2D eigenvalue weighted by Crippen LogP contribution is -2.49. The van der Waals surface area contributed by atoms with Crippen molar-refractivity contribution >= 4 is 40.6 Å². The second kappa shape index (κ2) is 10.1. The van der Waals surface area contributed by atoms with E-state index in [9.17, 15) is 9.59 Å². The highest BCUT2D eigenvalue weighted by molar-refractivity contribution is 6.06. The van der Waals surface area contributed by atoms with Crippen molar-refractivity contribution in [3.63, 3.8) is 0 Å². The molecule has 0 aliphatic carbocycles. The summed E-state index contributed by atoms with van der Waals surface area (Å²) in [5, 5.41) is 0.647. The van der Waals surface area contributed by atoms with Crippen LogP contribution in [0.25, 0.3) is 22.4 Å². The minimum absolute atomic E-state index is 0.160. The first-order valence-electron chi connectivity index (χ1n) is 12.5. The summed E-state index contributed by atoms with van der Waals surface area (Å²) in [7, 11) is 0. The number of nitrogen functional groups attached to an aromatic ring is 1. The van der Waals surface area contributed by atoms with E-state index >= 15 is 0 Å². The lowest BCUT2D eigenvalue weighted by molar-refractivity contribution is 0.0716. The van der Waals surface area contributed by atoms with Gasteiger partial charge in [0.1, 0.15) is 5.58 Å². The van der Waals surface area contributed by atoms with E-state index in [1.54, 1.807) is 41.6 Å². The molecule has 0 atom stereocenters. The van der Waals surface area contributed by atoms with Crippen LogP contribution in [-0.4, -0.2) is 94.1 Å². The number of anilines is 3. The molecule has 1 aromatic carbocycles. The van der Waals surface area contributed by atoms with E-state index in [1.165, 1.54) is 0 Å². The standard InChI is InChI=1S/C25H26N10O4/c26-20(36)17-3-1-2-15-12-18(39-19(15)17)22(37)33-4-6-34(7-5-33)24-30-21(16-13-28-23(27)29-14-16)31-25(32-24)35-8-10-38-11-9-35/h1-3,12-14H,4-11H2,(H2,26,36)(H2,27,28,29). The topological polar surface area (TPSA) is 183 Å². The molecule has 0 unspecified atom stereocenters. The molecule has 5 heterocycles. The Morgan fingerprint density at radius 1 is 0.872 bits per heavy atom. The largest absolute Gasteiger partial charge is 0.450 e. The van der Waals surface area contributed by atoms with Crippen LogP contribution < -0.4 is 21.3 Å². The third kappa shape index (κ3) is 4.88. The van der Waals surface area contributed by atoms with Crippen LogP contribution in [-0.2, 0) is 4.74 Å². The van der Waals surface area contributed by atoms with Crippen LogP contribution in [0.2, 0.25) is 0 Å². The summed E-state index contributed by atoms with van der Waals surface area (Å²) in [6.07, 6.45) is 3.16. The number of aromatic nitrogens is 5. The van der Waals surface area contributed by atoms with Crippen molar-refractivity contribution < 1.29 is 18.7 Å². The quantitative estimate of drug-likeness (QED) is 0.366. The van der Waals surface area contributed by atoms with Gasteiger partial charge in [-0.2, -0.15) is 15.0 Å². The van der Waals surface area contributed by atoms with Crippen molar-refractivity contribution in [3.8, 4) is 11.4 Å². The number of piperazine rings is 1. The van der Waals surface area contributed by atoms with Crippen molar-refractivity contribution in [2.45, 2.75) is 0 Å². The zero-order valence-electron chi connectivity index (χ0n) is 21.0. The lowest BCUT2D eigenvalue weighted by Gasteiger charge is -2.35. The maximum atomic E-state index is 13.2. The van der Waals surface area contributed by atoms with Gasteiger partial charge in [0.25, 0.3) is 11.8 Å². The summed E-state index contributed by atoms with van der Waals surface area (Å²) in [4.78, 5) is 53.0. The normalized spacial score (nSPS) is 16.1. The molecule has 14 heteroatoms. The van der Waals surface area contributed by atoms with Gasteiger partial charge in [-0.05, 0) is 12.1 Å². The molecule has 0 bridgehead atoms. The summed E-state index contributed by atoms with van der Waals surface area (Å²) in [6.45, 7) is 4.37. The summed E-state index contributed by atoms with van der Waals surface area (Å²) in [6, 6.07) is 6.69. The van der Waals surface area contributed by atoms with E-state index < -0.39 is 5.91 Å². The summed E-state index contributed by atoms with van der Waals surface area (Å²) < 4.78 is 11.2. The van der Waals surface area contributed by atoms with Gasteiger partial charge in [0, 0.05) is 57.0 Å². The Labute approximate surface area is 222 Å². The van der Waals surface area contributed by atoms with E-state index in [0.717, 1.165) is 0 Å². The lowest BCUT2D eigenvalue weighted by atomic mass is 10.1. The van der Waals surface area contributed by atoms with Crippen molar-refractivity contribution in [3.05, 3.63) is 48.0 Å². The zero-order valence-corrected chi connectivity index (χ0v) is 21.0. The van der Waals surface area contributed by atoms with Crippen LogP contribution in [0.4, 0.5) is 17.8 Å². The van der Waals surface area contributed by atoms with Gasteiger partial charge in [0.05, 0.1) is 24.3 Å². The molecule has 0 radical (unpaired) electrons. The average molecular weight is 531 g/mol. The number of primary amides is 1. The molecule has 3 aromatic heterocycles. The first-order valence-corrected chi connectivity index (χ1v) is 12.5. The smallest absolute Gasteiger partial charge is 0.289 e. The second-order valence-corrected chi connectivity index (χ2v) is 9.17. The minimum atomic E-state index is -0.610. The fraction of sp³-hybridized carbons (Fsp3) is 0.320. The van der Waals surface area contributed by atoms with Crippen LogP contribution in [0.5, 0.6) is 0 Å². The van der Waals surface area contributed by atoms with E-state index in [2.05, 4.69) is 19.9 Å². The molecule has 2 aliphatic heterocycles. The van der Waals surface area contributed by atoms with Gasteiger partial charge < -0.3 is 35.3 Å². The number of hydrogen-bond acceptors (Lipinski definition) is 12. The molecular formula is C25H26N10O4. The zero-order chi connectivity index (χ0) is 26.9. The van der Waals surface area contributed by atoms with Crippen molar-refractivity contribution in [1.82, 2.24) is 29.8 Å². The monoisotopic (exact) mass is 530 g/mol. The van der Waals surface area contributed by atoms with Crippen molar-refractivity contribution in [1.29, 1.82) is 0 Å². The number of fused-ring (bicyclic) bond motifs is 1. The molecule has 2 saturated heterocycles. The predicted octanol–water partition coefficient (Wildman–Crippen LogP) is 0.555. The Hall–Kier alpha value is -4.85. The highest BCUT2D eigenvalue weighted by Gasteiger charge is 2.28. The maximum Gasteiger partial charge on any atom is 0.289 e. The molecule has 39 heavy (non-hydrogen) atoms. The Kier molecular flexibility index (Phi) is 6.36. The minimum Gasteiger partial charge on any atom is -0.450 e. The molecule has 6 rings (SSSR count). The van der Waals surface area contributed by atoms with Crippen LogP contribution >= 0.6 is 0 Å². The third-order valence-electron chi connectivity index (χ3n) is 6.71. The van der Waals surface area contributed by atoms with Gasteiger partial charge in [-0.25, -0.2) is 9.97 Å². The number of benzene rings is 1. The molecule has 4 aromatic rings. The molecule has 4 N–H and O–H groups in total. The Balaban J connectivity index is 1.22. The molecule has 0 saturated carbocycles. The number of furan rings is 1. The first-order chi connectivity index (χ1) is 19.0. The average Bonchev–Trinajstić information content (AvgIpc) is 3.42. The number of carbonyl (C=O) groups excluding carboxylic acids is 2. The van der Waals surface area contributed by atoms with Gasteiger partial charge in [-0.15, -0.1) is 0 Å². The number of nitrogens with zero attached hydrogens (tertiary/aromatic N) is 8. The summed E-state index contributed by atoms with van der Waals surface area (Å²) >= 11 is 0. The molecule has 0 spiro atoms. The number of morpholine rings is 1. The third-order valence-corrected chi connectivity index (χ3v) is 6.71. The number of nitrogens with two attached hydrogens (primary N) is 2. The first kappa shape index (κ1) is 24.5. The fourth-order valence-corrected chi connectivity index (χ4v) is 4.61. The molecule has 2 fully saturated rings. The number of rotatable bonds is 5. The second-order valence-electron chi connectivity index (χ2n) is 9.17.